The van der Waals surface area contributed by atoms with Crippen LogP contribution in [0.15, 0.2) is 40.9 Å². The van der Waals surface area contributed by atoms with E-state index in [4.69, 9.17) is 5.73 Å². The molecule has 0 aliphatic rings. The third-order valence-electron chi connectivity index (χ3n) is 2.47. The summed E-state index contributed by atoms with van der Waals surface area (Å²) in [6.45, 7) is 0. The molecule has 0 aliphatic carbocycles. The Kier molecular flexibility index (Phi) is 3.71. The second kappa shape index (κ2) is 5.27. The van der Waals surface area contributed by atoms with Crippen molar-refractivity contribution in [3.8, 4) is 5.75 Å². The molecule has 4 N–H and O–H groups in total. The average Bonchev–Trinajstić information content (AvgIpc) is 2.37. The molecule has 4 nitrogen and oxygen atoms in total. The molecule has 6 heteroatoms. The zero-order valence-corrected chi connectivity index (χ0v) is 11.2. The van der Waals surface area contributed by atoms with Crippen molar-refractivity contribution < 1.29 is 14.3 Å². The SMILES string of the molecule is Nc1ccc(C(=O)Nc2cc(Br)ccc2O)cc1F. The van der Waals surface area contributed by atoms with Gasteiger partial charge < -0.3 is 16.2 Å². The van der Waals surface area contributed by atoms with Gasteiger partial charge in [-0.2, -0.15) is 0 Å². The van der Waals surface area contributed by atoms with E-state index in [9.17, 15) is 14.3 Å². The third-order valence-corrected chi connectivity index (χ3v) is 2.96. The largest absolute Gasteiger partial charge is 0.506 e. The minimum absolute atomic E-state index is 0.0261. The van der Waals surface area contributed by atoms with E-state index in [0.717, 1.165) is 6.07 Å². The topological polar surface area (TPSA) is 75.4 Å². The number of rotatable bonds is 2. The number of halogens is 2. The number of phenols is 1. The van der Waals surface area contributed by atoms with E-state index in [1.165, 1.54) is 18.2 Å². The number of hydrogen-bond donors (Lipinski definition) is 3. The second-order valence-electron chi connectivity index (χ2n) is 3.85. The Balaban J connectivity index is 2.25. The molecule has 0 bridgehead atoms. The summed E-state index contributed by atoms with van der Waals surface area (Å²) in [6, 6.07) is 8.37. The van der Waals surface area contributed by atoms with Gasteiger partial charge in [-0.3, -0.25) is 4.79 Å². The van der Waals surface area contributed by atoms with Crippen molar-refractivity contribution in [1.82, 2.24) is 0 Å². The fourth-order valence-electron chi connectivity index (χ4n) is 1.47. The number of amides is 1. The summed E-state index contributed by atoms with van der Waals surface area (Å²) in [5, 5.41) is 12.1. The Bertz CT molecular complexity index is 647. The highest BCUT2D eigenvalue weighted by Gasteiger charge is 2.11. The van der Waals surface area contributed by atoms with E-state index in [1.807, 2.05) is 0 Å². The molecule has 0 heterocycles. The van der Waals surface area contributed by atoms with Gasteiger partial charge in [0.15, 0.2) is 0 Å². The maximum Gasteiger partial charge on any atom is 0.255 e. The number of nitrogens with one attached hydrogen (secondary N) is 1. The molecule has 0 atom stereocenters. The molecule has 98 valence electrons. The molecule has 2 aromatic carbocycles. The van der Waals surface area contributed by atoms with Crippen molar-refractivity contribution in [3.63, 3.8) is 0 Å². The highest BCUT2D eigenvalue weighted by molar-refractivity contribution is 9.10. The number of nitrogens with two attached hydrogens (primary N) is 1. The van der Waals surface area contributed by atoms with Crippen LogP contribution in [-0.2, 0) is 0 Å². The third kappa shape index (κ3) is 3.03. The van der Waals surface area contributed by atoms with Crippen LogP contribution < -0.4 is 11.1 Å². The number of hydrogen-bond acceptors (Lipinski definition) is 3. The molecule has 0 saturated heterocycles. The van der Waals surface area contributed by atoms with Crippen LogP contribution >= 0.6 is 15.9 Å². The molecule has 0 spiro atoms. The maximum absolute atomic E-state index is 13.3. The average molecular weight is 325 g/mol. The summed E-state index contributed by atoms with van der Waals surface area (Å²) in [6.07, 6.45) is 0. The molecule has 0 saturated carbocycles. The van der Waals surface area contributed by atoms with E-state index in [0.29, 0.717) is 4.47 Å². The number of benzene rings is 2. The first kappa shape index (κ1) is 13.4. The Morgan fingerprint density at radius 2 is 2.00 bits per heavy atom. The normalized spacial score (nSPS) is 10.2. The van der Waals surface area contributed by atoms with Crippen LogP contribution in [-0.4, -0.2) is 11.0 Å². The van der Waals surface area contributed by atoms with E-state index in [2.05, 4.69) is 21.2 Å². The predicted octanol–water partition coefficient (Wildman–Crippen LogP) is 3.13. The summed E-state index contributed by atoms with van der Waals surface area (Å²) >= 11 is 3.22. The summed E-state index contributed by atoms with van der Waals surface area (Å²) in [5.74, 6) is -1.27. The lowest BCUT2D eigenvalue weighted by atomic mass is 10.2. The van der Waals surface area contributed by atoms with E-state index >= 15 is 0 Å². The number of carbonyl (C=O) groups is 1. The minimum atomic E-state index is -0.661. The van der Waals surface area contributed by atoms with Gasteiger partial charge in [0.25, 0.3) is 5.91 Å². The van der Waals surface area contributed by atoms with Crippen molar-refractivity contribution in [3.05, 3.63) is 52.3 Å². The van der Waals surface area contributed by atoms with Crippen molar-refractivity contribution in [2.75, 3.05) is 11.1 Å². The Labute approximate surface area is 117 Å². The van der Waals surface area contributed by atoms with Crippen molar-refractivity contribution in [2.24, 2.45) is 0 Å². The predicted molar refractivity (Wildman–Crippen MR) is 74.6 cm³/mol. The van der Waals surface area contributed by atoms with Crippen molar-refractivity contribution >= 4 is 33.2 Å². The molecule has 0 radical (unpaired) electrons. The van der Waals surface area contributed by atoms with Crippen LogP contribution in [0.3, 0.4) is 0 Å². The van der Waals surface area contributed by atoms with Crippen molar-refractivity contribution in [1.29, 1.82) is 0 Å². The van der Waals surface area contributed by atoms with Gasteiger partial charge in [-0.05, 0) is 36.4 Å². The first-order valence-electron chi connectivity index (χ1n) is 5.32. The molecule has 2 aromatic rings. The summed E-state index contributed by atoms with van der Waals surface area (Å²) in [5.41, 5.74) is 5.66. The minimum Gasteiger partial charge on any atom is -0.506 e. The zero-order valence-electron chi connectivity index (χ0n) is 9.65. The van der Waals surface area contributed by atoms with Crippen LogP contribution in [0.1, 0.15) is 10.4 Å². The molecule has 2 rings (SSSR count). The molecule has 1 amide bonds. The Hall–Kier alpha value is -2.08. The van der Waals surface area contributed by atoms with Gasteiger partial charge in [0.2, 0.25) is 0 Å². The first-order valence-corrected chi connectivity index (χ1v) is 6.11. The van der Waals surface area contributed by atoms with Crippen LogP contribution in [0, 0.1) is 5.82 Å². The standard InChI is InChI=1S/C13H10BrFN2O2/c14-8-2-4-12(18)11(6-8)17-13(19)7-1-3-10(16)9(15)5-7/h1-6,18H,16H2,(H,17,19). The highest BCUT2D eigenvalue weighted by Crippen LogP contribution is 2.27. The molecule has 19 heavy (non-hydrogen) atoms. The lowest BCUT2D eigenvalue weighted by Crippen LogP contribution is -2.12. The summed E-state index contributed by atoms with van der Waals surface area (Å²) in [7, 11) is 0. The number of nitrogen functional groups attached to an aromatic ring is 1. The van der Waals surface area contributed by atoms with E-state index < -0.39 is 11.7 Å². The lowest BCUT2D eigenvalue weighted by Gasteiger charge is -2.08. The first-order chi connectivity index (χ1) is 8.97. The van der Waals surface area contributed by atoms with Gasteiger partial charge in [0.1, 0.15) is 11.6 Å². The molecular formula is C13H10BrFN2O2. The molecule has 0 unspecified atom stereocenters. The lowest BCUT2D eigenvalue weighted by molar-refractivity contribution is 0.102. The second-order valence-corrected chi connectivity index (χ2v) is 4.77. The fraction of sp³-hybridized carbons (Fsp3) is 0. The highest BCUT2D eigenvalue weighted by atomic mass is 79.9. The van der Waals surface area contributed by atoms with Crippen LogP contribution in [0.5, 0.6) is 5.75 Å². The van der Waals surface area contributed by atoms with Gasteiger partial charge >= 0.3 is 0 Å². The zero-order chi connectivity index (χ0) is 14.0. The summed E-state index contributed by atoms with van der Waals surface area (Å²) in [4.78, 5) is 11.9. The Morgan fingerprint density at radius 3 is 2.68 bits per heavy atom. The van der Waals surface area contributed by atoms with E-state index in [-0.39, 0.29) is 22.7 Å². The fourth-order valence-corrected chi connectivity index (χ4v) is 1.83. The van der Waals surface area contributed by atoms with Crippen LogP contribution in [0.2, 0.25) is 0 Å². The smallest absolute Gasteiger partial charge is 0.255 e. The molecule has 0 fully saturated rings. The Morgan fingerprint density at radius 1 is 1.26 bits per heavy atom. The summed E-state index contributed by atoms with van der Waals surface area (Å²) < 4.78 is 14.0. The maximum atomic E-state index is 13.3. The molecule has 0 aromatic heterocycles. The quantitative estimate of drug-likeness (QED) is 0.586. The van der Waals surface area contributed by atoms with Gasteiger partial charge in [0, 0.05) is 10.0 Å². The van der Waals surface area contributed by atoms with Crippen LogP contribution in [0.4, 0.5) is 15.8 Å². The van der Waals surface area contributed by atoms with Gasteiger partial charge in [-0.15, -0.1) is 0 Å². The number of carbonyl (C=O) groups excluding carboxylic acids is 1. The number of anilines is 2. The van der Waals surface area contributed by atoms with E-state index in [1.54, 1.807) is 12.1 Å². The number of phenolic OH excluding ortho intramolecular Hbond substituents is 1. The monoisotopic (exact) mass is 324 g/mol. The molecule has 0 aliphatic heterocycles. The number of aromatic hydroxyl groups is 1. The molecular weight excluding hydrogens is 315 g/mol. The van der Waals surface area contributed by atoms with Gasteiger partial charge in [-0.25, -0.2) is 4.39 Å². The van der Waals surface area contributed by atoms with Crippen molar-refractivity contribution in [2.45, 2.75) is 0 Å². The van der Waals surface area contributed by atoms with Gasteiger partial charge in [-0.1, -0.05) is 15.9 Å². The van der Waals surface area contributed by atoms with Gasteiger partial charge in [0.05, 0.1) is 11.4 Å². The van der Waals surface area contributed by atoms with Crippen LogP contribution in [0.25, 0.3) is 0 Å².